The van der Waals surface area contributed by atoms with Crippen molar-refractivity contribution in [3.05, 3.63) is 34.2 Å². The molecule has 2 aromatic rings. The lowest BCUT2D eigenvalue weighted by Gasteiger charge is -2.08. The Morgan fingerprint density at radius 3 is 2.94 bits per heavy atom. The molecule has 6 heteroatoms. The SMILES string of the molecule is CCc1nn(C)cc1CNc1ncc(Br)cc1N. The van der Waals surface area contributed by atoms with Crippen LogP contribution in [0.5, 0.6) is 0 Å². The van der Waals surface area contributed by atoms with E-state index in [9.17, 15) is 0 Å². The lowest BCUT2D eigenvalue weighted by molar-refractivity contribution is 0.746. The number of nitrogen functional groups attached to an aromatic ring is 1. The van der Waals surface area contributed by atoms with Crippen molar-refractivity contribution < 1.29 is 0 Å². The first-order valence-corrected chi connectivity index (χ1v) is 6.55. The molecule has 0 bridgehead atoms. The molecule has 0 aliphatic carbocycles. The second-order valence-corrected chi connectivity index (χ2v) is 4.99. The number of nitrogens with two attached hydrogens (primary N) is 1. The van der Waals surface area contributed by atoms with Gasteiger partial charge in [0.25, 0.3) is 0 Å². The Kier molecular flexibility index (Phi) is 3.86. The summed E-state index contributed by atoms with van der Waals surface area (Å²) in [6.07, 6.45) is 4.66. The Morgan fingerprint density at radius 2 is 2.28 bits per heavy atom. The molecule has 0 amide bonds. The van der Waals surface area contributed by atoms with Gasteiger partial charge in [-0.25, -0.2) is 4.98 Å². The van der Waals surface area contributed by atoms with Crippen LogP contribution in [0.25, 0.3) is 0 Å². The second kappa shape index (κ2) is 5.39. The number of anilines is 2. The van der Waals surface area contributed by atoms with Crippen LogP contribution in [-0.2, 0) is 20.0 Å². The van der Waals surface area contributed by atoms with Gasteiger partial charge in [-0.1, -0.05) is 6.92 Å². The maximum atomic E-state index is 5.89. The van der Waals surface area contributed by atoms with Crippen LogP contribution < -0.4 is 11.1 Å². The molecule has 2 aromatic heterocycles. The van der Waals surface area contributed by atoms with Crippen LogP contribution in [-0.4, -0.2) is 14.8 Å². The van der Waals surface area contributed by atoms with E-state index >= 15 is 0 Å². The van der Waals surface area contributed by atoms with E-state index in [1.54, 1.807) is 6.20 Å². The van der Waals surface area contributed by atoms with Crippen molar-refractivity contribution >= 4 is 27.4 Å². The summed E-state index contributed by atoms with van der Waals surface area (Å²) in [5.74, 6) is 0.698. The average molecular weight is 310 g/mol. The number of pyridine rings is 1. The Hall–Kier alpha value is -1.56. The van der Waals surface area contributed by atoms with Gasteiger partial charge in [-0.3, -0.25) is 4.68 Å². The van der Waals surface area contributed by atoms with E-state index < -0.39 is 0 Å². The van der Waals surface area contributed by atoms with Gasteiger partial charge in [0.05, 0.1) is 11.4 Å². The molecular formula is C12H16BrN5. The van der Waals surface area contributed by atoms with Crippen LogP contribution >= 0.6 is 15.9 Å². The molecule has 0 unspecified atom stereocenters. The van der Waals surface area contributed by atoms with Crippen LogP contribution in [0.3, 0.4) is 0 Å². The summed E-state index contributed by atoms with van der Waals surface area (Å²) in [6.45, 7) is 2.77. The Labute approximate surface area is 115 Å². The second-order valence-electron chi connectivity index (χ2n) is 4.07. The van der Waals surface area contributed by atoms with Gasteiger partial charge in [-0.05, 0) is 28.4 Å². The predicted molar refractivity (Wildman–Crippen MR) is 76.3 cm³/mol. The number of nitrogens with zero attached hydrogens (tertiary/aromatic N) is 3. The molecule has 0 saturated carbocycles. The molecule has 0 saturated heterocycles. The summed E-state index contributed by atoms with van der Waals surface area (Å²) in [4.78, 5) is 4.24. The summed E-state index contributed by atoms with van der Waals surface area (Å²) < 4.78 is 2.70. The maximum absolute atomic E-state index is 5.89. The third-order valence-electron chi connectivity index (χ3n) is 2.66. The van der Waals surface area contributed by atoms with Crippen LogP contribution in [0.1, 0.15) is 18.2 Å². The zero-order valence-corrected chi connectivity index (χ0v) is 12.0. The Bertz CT molecular complexity index is 549. The van der Waals surface area contributed by atoms with Gasteiger partial charge in [0.15, 0.2) is 0 Å². The molecule has 18 heavy (non-hydrogen) atoms. The summed E-state index contributed by atoms with van der Waals surface area (Å²) in [5, 5.41) is 7.63. The van der Waals surface area contributed by atoms with Gasteiger partial charge in [-0.15, -0.1) is 0 Å². The molecule has 0 fully saturated rings. The highest BCUT2D eigenvalue weighted by Crippen LogP contribution is 2.20. The summed E-state index contributed by atoms with van der Waals surface area (Å²) in [5.41, 5.74) is 8.78. The molecule has 5 nitrogen and oxygen atoms in total. The largest absolute Gasteiger partial charge is 0.396 e. The minimum Gasteiger partial charge on any atom is -0.396 e. The van der Waals surface area contributed by atoms with Crippen LogP contribution in [0.2, 0.25) is 0 Å². The number of hydrogen-bond acceptors (Lipinski definition) is 4. The maximum Gasteiger partial charge on any atom is 0.149 e. The van der Waals surface area contributed by atoms with E-state index in [4.69, 9.17) is 5.73 Å². The molecule has 0 atom stereocenters. The van der Waals surface area contributed by atoms with Gasteiger partial charge in [-0.2, -0.15) is 5.10 Å². The first-order valence-electron chi connectivity index (χ1n) is 5.76. The van der Waals surface area contributed by atoms with Crippen LogP contribution in [0, 0.1) is 0 Å². The topological polar surface area (TPSA) is 68.8 Å². The van der Waals surface area contributed by atoms with Crippen molar-refractivity contribution in [1.82, 2.24) is 14.8 Å². The zero-order valence-electron chi connectivity index (χ0n) is 10.4. The fourth-order valence-corrected chi connectivity index (χ4v) is 2.16. The number of nitrogens with one attached hydrogen (secondary N) is 1. The van der Waals surface area contributed by atoms with Crippen LogP contribution in [0.15, 0.2) is 22.9 Å². The normalized spacial score (nSPS) is 10.6. The minimum absolute atomic E-state index is 0.631. The van der Waals surface area contributed by atoms with Crippen molar-refractivity contribution in [2.24, 2.45) is 7.05 Å². The number of aromatic nitrogens is 3. The fraction of sp³-hybridized carbons (Fsp3) is 0.333. The van der Waals surface area contributed by atoms with E-state index in [1.807, 2.05) is 24.0 Å². The van der Waals surface area contributed by atoms with Crippen molar-refractivity contribution in [1.29, 1.82) is 0 Å². The first-order chi connectivity index (χ1) is 8.60. The van der Waals surface area contributed by atoms with E-state index in [2.05, 4.69) is 38.3 Å². The smallest absolute Gasteiger partial charge is 0.149 e. The number of hydrogen-bond donors (Lipinski definition) is 2. The Balaban J connectivity index is 2.11. The predicted octanol–water partition coefficient (Wildman–Crippen LogP) is 2.33. The van der Waals surface area contributed by atoms with Crippen LogP contribution in [0.4, 0.5) is 11.5 Å². The van der Waals surface area contributed by atoms with Crippen molar-refractivity contribution in [2.75, 3.05) is 11.1 Å². The molecule has 0 aromatic carbocycles. The summed E-state index contributed by atoms with van der Waals surface area (Å²) >= 11 is 3.33. The average Bonchev–Trinajstić information content (AvgIpc) is 2.68. The van der Waals surface area contributed by atoms with E-state index in [-0.39, 0.29) is 0 Å². The quantitative estimate of drug-likeness (QED) is 0.909. The molecule has 0 aliphatic rings. The molecule has 3 N–H and O–H groups in total. The third-order valence-corrected chi connectivity index (χ3v) is 3.09. The summed E-state index contributed by atoms with van der Waals surface area (Å²) in [6, 6.07) is 1.83. The molecular weight excluding hydrogens is 294 g/mol. The van der Waals surface area contributed by atoms with Gasteiger partial charge in [0.1, 0.15) is 5.82 Å². The summed E-state index contributed by atoms with van der Waals surface area (Å²) in [7, 11) is 1.93. The van der Waals surface area contributed by atoms with Gasteiger partial charge in [0.2, 0.25) is 0 Å². The molecule has 2 rings (SSSR count). The fourth-order valence-electron chi connectivity index (χ4n) is 1.81. The number of halogens is 1. The molecule has 0 radical (unpaired) electrons. The van der Waals surface area contributed by atoms with E-state index in [0.29, 0.717) is 18.1 Å². The first kappa shape index (κ1) is 12.9. The van der Waals surface area contributed by atoms with Crippen molar-refractivity contribution in [2.45, 2.75) is 19.9 Å². The highest BCUT2D eigenvalue weighted by Gasteiger charge is 2.07. The van der Waals surface area contributed by atoms with Gasteiger partial charge >= 0.3 is 0 Å². The highest BCUT2D eigenvalue weighted by molar-refractivity contribution is 9.10. The number of aryl methyl sites for hydroxylation is 2. The van der Waals surface area contributed by atoms with Gasteiger partial charge < -0.3 is 11.1 Å². The molecule has 0 spiro atoms. The van der Waals surface area contributed by atoms with Gasteiger partial charge in [0, 0.05) is 36.0 Å². The van der Waals surface area contributed by atoms with Crippen molar-refractivity contribution in [3.8, 4) is 0 Å². The Morgan fingerprint density at radius 1 is 1.50 bits per heavy atom. The third kappa shape index (κ3) is 2.81. The standard InChI is InChI=1S/C12H16BrN5/c1-3-11-8(7-18(2)17-11)5-15-12-10(14)4-9(13)6-16-12/h4,6-7H,3,5,14H2,1-2H3,(H,15,16). The van der Waals surface area contributed by atoms with E-state index in [1.165, 1.54) is 5.56 Å². The zero-order chi connectivity index (χ0) is 13.1. The molecule has 0 aliphatic heterocycles. The minimum atomic E-state index is 0.631. The molecule has 2 heterocycles. The highest BCUT2D eigenvalue weighted by atomic mass is 79.9. The lowest BCUT2D eigenvalue weighted by atomic mass is 10.2. The number of rotatable bonds is 4. The van der Waals surface area contributed by atoms with Crippen molar-refractivity contribution in [3.63, 3.8) is 0 Å². The lowest BCUT2D eigenvalue weighted by Crippen LogP contribution is -2.05. The molecule has 96 valence electrons. The monoisotopic (exact) mass is 309 g/mol. The van der Waals surface area contributed by atoms with E-state index in [0.717, 1.165) is 16.6 Å².